The molecule has 3 N–H and O–H groups in total. The molecule has 0 saturated carbocycles. The van der Waals surface area contributed by atoms with Crippen LogP contribution < -0.4 is 16.6 Å². The second kappa shape index (κ2) is 5.52. The molecule has 1 aromatic carbocycles. The van der Waals surface area contributed by atoms with E-state index in [9.17, 15) is 14.4 Å². The molecule has 2 aromatic rings. The Morgan fingerprint density at radius 2 is 2.10 bits per heavy atom. The Morgan fingerprint density at radius 3 is 2.75 bits per heavy atom. The number of aromatic nitrogens is 3. The third-order valence-corrected chi connectivity index (χ3v) is 2.90. The summed E-state index contributed by atoms with van der Waals surface area (Å²) < 4.78 is 0. The SMILES string of the molecule is CCc1cccc(C)c1NC(=O)c1n[nH]c(=O)[nH]c1=O. The number of nitrogens with one attached hydrogen (secondary N) is 3. The van der Waals surface area contributed by atoms with Gasteiger partial charge in [0.1, 0.15) is 0 Å². The first-order valence-electron chi connectivity index (χ1n) is 6.11. The number of aromatic amines is 2. The minimum absolute atomic E-state index is 0.380. The van der Waals surface area contributed by atoms with E-state index in [0.29, 0.717) is 5.69 Å². The zero-order chi connectivity index (χ0) is 14.7. The topological polar surface area (TPSA) is 108 Å². The zero-order valence-electron chi connectivity index (χ0n) is 11.1. The van der Waals surface area contributed by atoms with Crippen LogP contribution in [0.5, 0.6) is 0 Å². The molecule has 1 amide bonds. The van der Waals surface area contributed by atoms with Crippen molar-refractivity contribution in [2.24, 2.45) is 0 Å². The fourth-order valence-electron chi connectivity index (χ4n) is 1.88. The first-order chi connectivity index (χ1) is 9.52. The number of nitrogens with zero attached hydrogens (tertiary/aromatic N) is 1. The predicted molar refractivity (Wildman–Crippen MR) is 74.0 cm³/mol. The summed E-state index contributed by atoms with van der Waals surface area (Å²) in [5.41, 5.74) is 0.551. The molecule has 0 unspecified atom stereocenters. The summed E-state index contributed by atoms with van der Waals surface area (Å²) >= 11 is 0. The lowest BCUT2D eigenvalue weighted by Crippen LogP contribution is -2.32. The average molecular weight is 274 g/mol. The van der Waals surface area contributed by atoms with Crippen molar-refractivity contribution in [1.82, 2.24) is 15.2 Å². The molecule has 0 aliphatic carbocycles. The van der Waals surface area contributed by atoms with Crippen LogP contribution in [-0.4, -0.2) is 21.1 Å². The second-order valence-corrected chi connectivity index (χ2v) is 4.27. The maximum Gasteiger partial charge on any atom is 0.342 e. The molecule has 0 spiro atoms. The first kappa shape index (κ1) is 13.7. The number of benzene rings is 1. The number of aryl methyl sites for hydroxylation is 2. The highest BCUT2D eigenvalue weighted by Gasteiger charge is 2.15. The number of carbonyl (C=O) groups is 1. The molecule has 1 aromatic heterocycles. The number of hydrogen-bond donors (Lipinski definition) is 3. The molecule has 7 heteroatoms. The lowest BCUT2D eigenvalue weighted by Gasteiger charge is -2.12. The van der Waals surface area contributed by atoms with E-state index in [-0.39, 0.29) is 5.69 Å². The van der Waals surface area contributed by atoms with Crippen molar-refractivity contribution >= 4 is 11.6 Å². The summed E-state index contributed by atoms with van der Waals surface area (Å²) in [6, 6.07) is 5.65. The van der Waals surface area contributed by atoms with E-state index in [1.54, 1.807) is 0 Å². The normalized spacial score (nSPS) is 10.3. The van der Waals surface area contributed by atoms with Gasteiger partial charge in [-0.3, -0.25) is 14.6 Å². The highest BCUT2D eigenvalue weighted by Crippen LogP contribution is 2.21. The molecule has 1 heterocycles. The molecule has 0 aliphatic rings. The van der Waals surface area contributed by atoms with E-state index in [1.807, 2.05) is 42.1 Å². The van der Waals surface area contributed by atoms with Crippen molar-refractivity contribution in [1.29, 1.82) is 0 Å². The maximum absolute atomic E-state index is 12.1. The lowest BCUT2D eigenvalue weighted by molar-refractivity contribution is 0.101. The molecular weight excluding hydrogens is 260 g/mol. The highest BCUT2D eigenvalue weighted by molar-refractivity contribution is 6.03. The molecule has 0 aliphatic heterocycles. The second-order valence-electron chi connectivity index (χ2n) is 4.27. The Labute approximate surface area is 114 Å². The van der Waals surface area contributed by atoms with Gasteiger partial charge < -0.3 is 5.32 Å². The number of hydrogen-bond acceptors (Lipinski definition) is 4. The molecule has 0 fully saturated rings. The number of H-pyrrole nitrogens is 2. The van der Waals surface area contributed by atoms with Crippen LogP contribution in [0.3, 0.4) is 0 Å². The fourth-order valence-corrected chi connectivity index (χ4v) is 1.88. The molecule has 0 radical (unpaired) electrons. The van der Waals surface area contributed by atoms with Crippen LogP contribution in [0.1, 0.15) is 28.5 Å². The van der Waals surface area contributed by atoms with Gasteiger partial charge >= 0.3 is 5.69 Å². The van der Waals surface area contributed by atoms with Gasteiger partial charge in [-0.05, 0) is 24.5 Å². The van der Waals surface area contributed by atoms with E-state index in [0.717, 1.165) is 17.5 Å². The Balaban J connectivity index is 2.37. The summed E-state index contributed by atoms with van der Waals surface area (Å²) in [6.45, 7) is 3.83. The Kier molecular flexibility index (Phi) is 3.79. The summed E-state index contributed by atoms with van der Waals surface area (Å²) in [4.78, 5) is 36.4. The average Bonchev–Trinajstić information content (AvgIpc) is 2.40. The quantitative estimate of drug-likeness (QED) is 0.760. The molecule has 104 valence electrons. The van der Waals surface area contributed by atoms with E-state index in [4.69, 9.17) is 0 Å². The summed E-state index contributed by atoms with van der Waals surface area (Å²) in [5.74, 6) is -0.661. The van der Waals surface area contributed by atoms with Crippen molar-refractivity contribution in [2.45, 2.75) is 20.3 Å². The van der Waals surface area contributed by atoms with Gasteiger partial charge in [-0.2, -0.15) is 5.10 Å². The van der Waals surface area contributed by atoms with E-state index < -0.39 is 17.2 Å². The first-order valence-corrected chi connectivity index (χ1v) is 6.11. The van der Waals surface area contributed by atoms with Gasteiger partial charge in [0.05, 0.1) is 0 Å². The van der Waals surface area contributed by atoms with Crippen LogP contribution in [-0.2, 0) is 6.42 Å². The Morgan fingerprint density at radius 1 is 1.35 bits per heavy atom. The number of anilines is 1. The smallest absolute Gasteiger partial charge is 0.320 e. The van der Waals surface area contributed by atoms with Crippen LogP contribution in [0, 0.1) is 6.92 Å². The van der Waals surface area contributed by atoms with Gasteiger partial charge in [0.25, 0.3) is 11.5 Å². The third-order valence-electron chi connectivity index (χ3n) is 2.90. The van der Waals surface area contributed by atoms with Gasteiger partial charge in [-0.25, -0.2) is 9.89 Å². The number of carbonyl (C=O) groups excluding carboxylic acids is 1. The highest BCUT2D eigenvalue weighted by atomic mass is 16.2. The molecule has 7 nitrogen and oxygen atoms in total. The van der Waals surface area contributed by atoms with E-state index in [1.165, 1.54) is 0 Å². The predicted octanol–water partition coefficient (Wildman–Crippen LogP) is 0.581. The van der Waals surface area contributed by atoms with E-state index >= 15 is 0 Å². The molecule has 2 rings (SSSR count). The summed E-state index contributed by atoms with van der Waals surface area (Å²) in [7, 11) is 0. The van der Waals surface area contributed by atoms with Crippen LogP contribution in [0.15, 0.2) is 27.8 Å². The van der Waals surface area contributed by atoms with Crippen molar-refractivity contribution in [3.63, 3.8) is 0 Å². The molecule has 20 heavy (non-hydrogen) atoms. The van der Waals surface area contributed by atoms with Crippen molar-refractivity contribution < 1.29 is 4.79 Å². The van der Waals surface area contributed by atoms with Gasteiger partial charge in [-0.15, -0.1) is 0 Å². The van der Waals surface area contributed by atoms with Crippen LogP contribution in [0.4, 0.5) is 5.69 Å². The van der Waals surface area contributed by atoms with E-state index in [2.05, 4.69) is 10.4 Å². The number of para-hydroxylation sites is 1. The minimum Gasteiger partial charge on any atom is -0.320 e. The van der Waals surface area contributed by atoms with Gasteiger partial charge in [-0.1, -0.05) is 25.1 Å². The third kappa shape index (κ3) is 2.66. The fraction of sp³-hybridized carbons (Fsp3) is 0.231. The largest absolute Gasteiger partial charge is 0.342 e. The number of amides is 1. The molecule has 0 bridgehead atoms. The minimum atomic E-state index is -0.821. The van der Waals surface area contributed by atoms with Gasteiger partial charge in [0, 0.05) is 5.69 Å². The monoisotopic (exact) mass is 274 g/mol. The zero-order valence-corrected chi connectivity index (χ0v) is 11.1. The Bertz CT molecular complexity index is 761. The Hall–Kier alpha value is -2.70. The summed E-state index contributed by atoms with van der Waals surface area (Å²) in [5, 5.41) is 8.16. The van der Waals surface area contributed by atoms with Crippen molar-refractivity contribution in [3.05, 3.63) is 55.9 Å². The molecule has 0 atom stereocenters. The molecule has 0 saturated heterocycles. The van der Waals surface area contributed by atoms with Gasteiger partial charge in [0.2, 0.25) is 5.69 Å². The van der Waals surface area contributed by atoms with Crippen LogP contribution in [0.25, 0.3) is 0 Å². The van der Waals surface area contributed by atoms with Crippen molar-refractivity contribution in [2.75, 3.05) is 5.32 Å². The molecular formula is C13H14N4O3. The van der Waals surface area contributed by atoms with Crippen LogP contribution >= 0.6 is 0 Å². The van der Waals surface area contributed by atoms with Crippen molar-refractivity contribution in [3.8, 4) is 0 Å². The van der Waals surface area contributed by atoms with Gasteiger partial charge in [0.15, 0.2) is 0 Å². The van der Waals surface area contributed by atoms with Crippen LogP contribution in [0.2, 0.25) is 0 Å². The maximum atomic E-state index is 12.1. The number of rotatable bonds is 3. The lowest BCUT2D eigenvalue weighted by atomic mass is 10.1. The summed E-state index contributed by atoms with van der Waals surface area (Å²) in [6.07, 6.45) is 0.743. The standard InChI is InChI=1S/C13H14N4O3/c1-3-8-6-4-5-7(2)9(8)14-11(18)10-12(19)15-13(20)17-16-10/h4-6H,3H2,1-2H3,(H,14,18)(H2,15,17,19,20).